The van der Waals surface area contributed by atoms with E-state index in [2.05, 4.69) is 36.2 Å². The van der Waals surface area contributed by atoms with E-state index in [9.17, 15) is 9.59 Å². The van der Waals surface area contributed by atoms with Crippen LogP contribution in [-0.2, 0) is 4.74 Å². The molecular formula is C26H34FN9O4. The Balaban J connectivity index is 1.63. The highest BCUT2D eigenvalue weighted by molar-refractivity contribution is 5.98. The van der Waals surface area contributed by atoms with Crippen LogP contribution in [-0.4, -0.2) is 61.8 Å². The first-order valence-corrected chi connectivity index (χ1v) is 12.9. The molecule has 0 bridgehead atoms. The van der Waals surface area contributed by atoms with E-state index in [1.807, 2.05) is 6.92 Å². The standard InChI is InChI=1S/C26H34FN9O4/c1-14(31-25(38)40-26(2,3)4)20(15-7-6-8-15)33-23-18(27)12-17(21(28)37)22(34-23)32-16-11-19(24(39-5)29-13-16)36-10-9-30-35-36/h9-15,20H,6-8H2,1-5H3,(H2,28,37)(H,31,38)(H2,32,33,34)/t14-,20-/m0/s1. The van der Waals surface area contributed by atoms with Gasteiger partial charge in [-0.2, -0.15) is 0 Å². The quantitative estimate of drug-likeness (QED) is 0.290. The number of methoxy groups -OCH3 is 1. The van der Waals surface area contributed by atoms with Crippen molar-refractivity contribution in [3.8, 4) is 11.6 Å². The summed E-state index contributed by atoms with van der Waals surface area (Å²) in [7, 11) is 1.47. The maximum Gasteiger partial charge on any atom is 0.407 e. The van der Waals surface area contributed by atoms with Crippen molar-refractivity contribution < 1.29 is 23.5 Å². The number of anilines is 3. The molecule has 2 atom stereocenters. The van der Waals surface area contributed by atoms with E-state index in [0.29, 0.717) is 11.4 Å². The molecule has 3 aromatic rings. The number of rotatable bonds is 10. The molecule has 1 saturated carbocycles. The zero-order valence-corrected chi connectivity index (χ0v) is 23.1. The summed E-state index contributed by atoms with van der Waals surface area (Å²) in [5.74, 6) is -1.24. The predicted octanol–water partition coefficient (Wildman–Crippen LogP) is 3.54. The van der Waals surface area contributed by atoms with Crippen molar-refractivity contribution >= 4 is 29.3 Å². The number of pyridine rings is 2. The second-order valence-electron chi connectivity index (χ2n) is 10.6. The molecule has 1 aliphatic carbocycles. The molecule has 2 amide bonds. The van der Waals surface area contributed by atoms with Gasteiger partial charge in [0.25, 0.3) is 5.91 Å². The molecule has 0 saturated heterocycles. The monoisotopic (exact) mass is 555 g/mol. The van der Waals surface area contributed by atoms with Crippen LogP contribution in [0.2, 0.25) is 0 Å². The number of hydrogen-bond acceptors (Lipinski definition) is 10. The van der Waals surface area contributed by atoms with Crippen LogP contribution in [0, 0.1) is 11.7 Å². The average molecular weight is 556 g/mol. The Morgan fingerprint density at radius 2 is 1.98 bits per heavy atom. The molecule has 0 aliphatic heterocycles. The van der Waals surface area contributed by atoms with Crippen LogP contribution in [0.1, 0.15) is 57.3 Å². The van der Waals surface area contributed by atoms with E-state index in [1.165, 1.54) is 24.2 Å². The highest BCUT2D eigenvalue weighted by Gasteiger charge is 2.34. The predicted molar refractivity (Wildman–Crippen MR) is 145 cm³/mol. The van der Waals surface area contributed by atoms with Crippen molar-refractivity contribution in [1.82, 2.24) is 30.3 Å². The lowest BCUT2D eigenvalue weighted by atomic mass is 9.77. The number of aromatic nitrogens is 5. The van der Waals surface area contributed by atoms with E-state index >= 15 is 4.39 Å². The summed E-state index contributed by atoms with van der Waals surface area (Å²) in [6, 6.07) is 1.92. The summed E-state index contributed by atoms with van der Waals surface area (Å²) >= 11 is 0. The molecule has 1 aliphatic rings. The average Bonchev–Trinajstić information content (AvgIpc) is 3.37. The van der Waals surface area contributed by atoms with Gasteiger partial charge in [0.1, 0.15) is 17.1 Å². The van der Waals surface area contributed by atoms with Gasteiger partial charge in [-0.15, -0.1) is 5.10 Å². The number of primary amides is 1. The van der Waals surface area contributed by atoms with E-state index < -0.39 is 29.5 Å². The molecule has 0 spiro atoms. The Morgan fingerprint density at radius 1 is 1.23 bits per heavy atom. The van der Waals surface area contributed by atoms with Crippen molar-refractivity contribution in [3.63, 3.8) is 0 Å². The third-order valence-corrected chi connectivity index (χ3v) is 6.44. The highest BCUT2D eigenvalue weighted by atomic mass is 19.1. The van der Waals surface area contributed by atoms with Gasteiger partial charge < -0.3 is 31.2 Å². The summed E-state index contributed by atoms with van der Waals surface area (Å²) in [6.45, 7) is 7.16. The van der Waals surface area contributed by atoms with E-state index in [0.717, 1.165) is 25.3 Å². The largest absolute Gasteiger partial charge is 0.479 e. The minimum Gasteiger partial charge on any atom is -0.479 e. The Morgan fingerprint density at radius 3 is 2.55 bits per heavy atom. The summed E-state index contributed by atoms with van der Waals surface area (Å²) in [5, 5.41) is 16.8. The van der Waals surface area contributed by atoms with Gasteiger partial charge in [-0.05, 0) is 58.6 Å². The van der Waals surface area contributed by atoms with Crippen molar-refractivity contribution in [3.05, 3.63) is 42.1 Å². The second kappa shape index (κ2) is 11.7. The SMILES string of the molecule is COc1ncc(Nc2nc(N[C@H](C3CCC3)[C@H](C)NC(=O)OC(C)(C)C)c(F)cc2C(N)=O)cc1-n1ccnn1. The Hall–Kier alpha value is -4.49. The molecule has 5 N–H and O–H groups in total. The third kappa shape index (κ3) is 6.74. The molecule has 3 heterocycles. The lowest BCUT2D eigenvalue weighted by Crippen LogP contribution is -2.51. The number of amides is 2. The van der Waals surface area contributed by atoms with Gasteiger partial charge in [-0.1, -0.05) is 11.6 Å². The minimum atomic E-state index is -0.867. The molecule has 0 unspecified atom stereocenters. The van der Waals surface area contributed by atoms with Gasteiger partial charge in [-0.3, -0.25) is 4.79 Å². The van der Waals surface area contributed by atoms with Gasteiger partial charge in [0, 0.05) is 6.04 Å². The molecule has 40 heavy (non-hydrogen) atoms. The smallest absolute Gasteiger partial charge is 0.407 e. The van der Waals surface area contributed by atoms with Crippen LogP contribution in [0.25, 0.3) is 5.69 Å². The van der Waals surface area contributed by atoms with Crippen LogP contribution in [0.5, 0.6) is 5.88 Å². The van der Waals surface area contributed by atoms with Crippen molar-refractivity contribution in [2.45, 2.75) is 64.6 Å². The number of halogens is 1. The van der Waals surface area contributed by atoms with Gasteiger partial charge in [0.05, 0.1) is 43.0 Å². The number of carbonyl (C=O) groups excluding carboxylic acids is 2. The lowest BCUT2D eigenvalue weighted by molar-refractivity contribution is 0.0492. The summed E-state index contributed by atoms with van der Waals surface area (Å²) in [6.07, 6.45) is 6.86. The van der Waals surface area contributed by atoms with E-state index in [4.69, 9.17) is 15.2 Å². The molecule has 13 nitrogen and oxygen atoms in total. The summed E-state index contributed by atoms with van der Waals surface area (Å²) in [5.41, 5.74) is 5.62. The lowest BCUT2D eigenvalue weighted by Gasteiger charge is -2.38. The maximum absolute atomic E-state index is 15.3. The molecule has 0 aromatic carbocycles. The van der Waals surface area contributed by atoms with Crippen LogP contribution >= 0.6 is 0 Å². The fourth-order valence-electron chi connectivity index (χ4n) is 4.37. The molecule has 3 aromatic heterocycles. The van der Waals surface area contributed by atoms with Crippen molar-refractivity contribution in [1.29, 1.82) is 0 Å². The number of nitrogens with two attached hydrogens (primary N) is 1. The number of alkyl carbamates (subject to hydrolysis) is 1. The number of ether oxygens (including phenoxy) is 2. The Labute approximate surface area is 231 Å². The molecular weight excluding hydrogens is 521 g/mol. The normalized spacial score (nSPS) is 14.9. The van der Waals surface area contributed by atoms with Gasteiger partial charge in [-0.25, -0.2) is 23.8 Å². The first-order chi connectivity index (χ1) is 18.9. The van der Waals surface area contributed by atoms with E-state index in [-0.39, 0.29) is 35.0 Å². The Bertz CT molecular complexity index is 1360. The van der Waals surface area contributed by atoms with Gasteiger partial charge in [0.2, 0.25) is 5.88 Å². The van der Waals surface area contributed by atoms with Gasteiger partial charge in [0.15, 0.2) is 11.6 Å². The Kier molecular flexibility index (Phi) is 8.35. The van der Waals surface area contributed by atoms with Crippen molar-refractivity contribution in [2.24, 2.45) is 11.7 Å². The van der Waals surface area contributed by atoms with Gasteiger partial charge >= 0.3 is 6.09 Å². The maximum atomic E-state index is 15.3. The zero-order valence-electron chi connectivity index (χ0n) is 23.1. The van der Waals surface area contributed by atoms with Crippen molar-refractivity contribution in [2.75, 3.05) is 17.7 Å². The first-order valence-electron chi connectivity index (χ1n) is 12.9. The van der Waals surface area contributed by atoms with Crippen LogP contribution < -0.4 is 26.4 Å². The summed E-state index contributed by atoms with van der Waals surface area (Å²) in [4.78, 5) is 33.3. The first kappa shape index (κ1) is 28.5. The highest BCUT2D eigenvalue weighted by Crippen LogP contribution is 2.34. The number of nitrogens with one attached hydrogen (secondary N) is 3. The minimum absolute atomic E-state index is 0.0213. The van der Waals surface area contributed by atoms with Crippen LogP contribution in [0.15, 0.2) is 30.7 Å². The molecule has 0 radical (unpaired) electrons. The van der Waals surface area contributed by atoms with Crippen LogP contribution in [0.4, 0.5) is 26.5 Å². The molecule has 14 heteroatoms. The molecule has 1 fully saturated rings. The number of hydrogen-bond donors (Lipinski definition) is 4. The topological polar surface area (TPSA) is 171 Å². The van der Waals surface area contributed by atoms with E-state index in [1.54, 1.807) is 33.0 Å². The fraction of sp³-hybridized carbons (Fsp3) is 0.462. The fourth-order valence-corrected chi connectivity index (χ4v) is 4.37. The van der Waals surface area contributed by atoms with Crippen LogP contribution in [0.3, 0.4) is 0 Å². The molecule has 214 valence electrons. The third-order valence-electron chi connectivity index (χ3n) is 6.44. The number of carbonyl (C=O) groups is 2. The molecule has 4 rings (SSSR count). The zero-order chi connectivity index (χ0) is 29.0. The number of nitrogens with zero attached hydrogens (tertiary/aromatic N) is 5. The second-order valence-corrected chi connectivity index (χ2v) is 10.6. The summed E-state index contributed by atoms with van der Waals surface area (Å²) < 4.78 is 27.4.